The molecular formula is C26H27Cl2N3O3. The minimum atomic E-state index is -0.257. The Kier molecular flexibility index (Phi) is 7.09. The van der Waals surface area contributed by atoms with Gasteiger partial charge in [0.1, 0.15) is 12.4 Å². The molecule has 1 amide bonds. The van der Waals surface area contributed by atoms with E-state index in [1.807, 2.05) is 41.3 Å². The second-order valence-electron chi connectivity index (χ2n) is 8.95. The zero-order valence-corrected chi connectivity index (χ0v) is 20.3. The fourth-order valence-electron chi connectivity index (χ4n) is 4.72. The molecule has 34 heavy (non-hydrogen) atoms. The first-order valence-electron chi connectivity index (χ1n) is 11.7. The van der Waals surface area contributed by atoms with Gasteiger partial charge in [-0.3, -0.25) is 4.98 Å². The van der Waals surface area contributed by atoms with E-state index in [2.05, 4.69) is 11.4 Å². The highest BCUT2D eigenvalue weighted by Crippen LogP contribution is 2.28. The van der Waals surface area contributed by atoms with Crippen LogP contribution in [0, 0.1) is 0 Å². The van der Waals surface area contributed by atoms with E-state index < -0.39 is 0 Å². The number of rotatable bonds is 7. The molecule has 1 N–H and O–H groups in total. The van der Waals surface area contributed by atoms with Gasteiger partial charge in [-0.1, -0.05) is 29.3 Å². The molecule has 2 heterocycles. The first kappa shape index (κ1) is 23.2. The summed E-state index contributed by atoms with van der Waals surface area (Å²) in [6.45, 7) is 1.63. The normalized spacial score (nSPS) is 22.7. The van der Waals surface area contributed by atoms with Gasteiger partial charge in [0.25, 0.3) is 0 Å². The van der Waals surface area contributed by atoms with Crippen LogP contribution in [0.2, 0.25) is 10.0 Å². The number of hydrogen-bond acceptors (Lipinski definition) is 5. The lowest BCUT2D eigenvalue weighted by molar-refractivity contribution is 0.1000. The molecule has 0 spiro atoms. The quantitative estimate of drug-likeness (QED) is 0.442. The summed E-state index contributed by atoms with van der Waals surface area (Å²) in [6, 6.07) is 17.7. The van der Waals surface area contributed by atoms with Crippen molar-refractivity contribution >= 4 is 40.2 Å². The number of carbonyl (C=O) groups excluding carboxylic acids is 1. The van der Waals surface area contributed by atoms with Crippen LogP contribution in [0.25, 0.3) is 10.9 Å². The van der Waals surface area contributed by atoms with Crippen LogP contribution in [0.15, 0.2) is 54.6 Å². The summed E-state index contributed by atoms with van der Waals surface area (Å²) >= 11 is 12.0. The monoisotopic (exact) mass is 499 g/mol. The van der Waals surface area contributed by atoms with Gasteiger partial charge in [-0.2, -0.15) is 0 Å². The number of fused-ring (bicyclic) bond motifs is 1. The van der Waals surface area contributed by atoms with E-state index in [0.717, 1.165) is 59.6 Å². The molecule has 1 aliphatic heterocycles. The summed E-state index contributed by atoms with van der Waals surface area (Å²) in [5.74, 6) is 0.718. The summed E-state index contributed by atoms with van der Waals surface area (Å²) in [4.78, 5) is 19.1. The molecule has 2 fully saturated rings. The largest absolute Gasteiger partial charge is 0.490 e. The molecule has 1 unspecified atom stereocenters. The lowest BCUT2D eigenvalue weighted by Crippen LogP contribution is -2.43. The number of pyridine rings is 1. The van der Waals surface area contributed by atoms with E-state index in [-0.39, 0.29) is 18.2 Å². The van der Waals surface area contributed by atoms with Crippen molar-refractivity contribution in [2.45, 2.75) is 50.4 Å². The third kappa shape index (κ3) is 5.57. The SMILES string of the molecule is O=C1OC(COc2ccc(Cl)cc2)CN1C1CCC(NCc2ccc3cc(Cl)ccc3n2)CC1. The summed E-state index contributed by atoms with van der Waals surface area (Å²) in [5.41, 5.74) is 1.97. The van der Waals surface area contributed by atoms with Gasteiger partial charge in [0, 0.05) is 34.1 Å². The minimum Gasteiger partial charge on any atom is -0.490 e. The molecule has 3 aromatic rings. The van der Waals surface area contributed by atoms with Gasteiger partial charge in [-0.15, -0.1) is 0 Å². The third-order valence-electron chi connectivity index (χ3n) is 6.57. The summed E-state index contributed by atoms with van der Waals surface area (Å²) < 4.78 is 11.3. The number of carbonyl (C=O) groups is 1. The van der Waals surface area contributed by atoms with E-state index in [9.17, 15) is 4.79 Å². The van der Waals surface area contributed by atoms with Crippen LogP contribution in [-0.2, 0) is 11.3 Å². The number of benzene rings is 2. The van der Waals surface area contributed by atoms with Gasteiger partial charge < -0.3 is 19.7 Å². The van der Waals surface area contributed by atoms with Crippen LogP contribution in [0.1, 0.15) is 31.4 Å². The topological polar surface area (TPSA) is 63.7 Å². The molecule has 2 aliphatic rings. The van der Waals surface area contributed by atoms with Gasteiger partial charge in [0.05, 0.1) is 17.8 Å². The average molecular weight is 500 g/mol. The number of amides is 1. The van der Waals surface area contributed by atoms with Gasteiger partial charge in [-0.25, -0.2) is 4.79 Å². The highest BCUT2D eigenvalue weighted by atomic mass is 35.5. The Labute approximate surface area is 209 Å². The number of cyclic esters (lactones) is 1. The Morgan fingerprint density at radius 1 is 1.00 bits per heavy atom. The first-order valence-corrected chi connectivity index (χ1v) is 12.4. The van der Waals surface area contributed by atoms with E-state index in [4.69, 9.17) is 37.7 Å². The molecule has 1 saturated carbocycles. The second kappa shape index (κ2) is 10.4. The standard InChI is InChI=1S/C26H27Cl2N3O3/c27-18-2-10-23(11-3-18)33-16-24-15-31(26(32)34-24)22-8-6-20(7-9-22)29-14-21-5-1-17-13-19(28)4-12-25(17)30-21/h1-5,10-13,20,22,24,29H,6-9,14-16H2. The maximum Gasteiger partial charge on any atom is 0.410 e. The molecule has 178 valence electrons. The maximum atomic E-state index is 12.5. The van der Waals surface area contributed by atoms with Crippen LogP contribution in [0.5, 0.6) is 5.75 Å². The average Bonchev–Trinajstić information content (AvgIpc) is 3.23. The molecule has 0 radical (unpaired) electrons. The first-order chi connectivity index (χ1) is 16.5. The molecule has 2 aromatic carbocycles. The number of aromatic nitrogens is 1. The van der Waals surface area contributed by atoms with Gasteiger partial charge in [0.15, 0.2) is 6.10 Å². The summed E-state index contributed by atoms with van der Waals surface area (Å²) in [7, 11) is 0. The Bertz CT molecular complexity index is 1150. The summed E-state index contributed by atoms with van der Waals surface area (Å²) in [6.07, 6.45) is 3.46. The Hall–Kier alpha value is -2.54. The minimum absolute atomic E-state index is 0.217. The van der Waals surface area contributed by atoms with Crippen molar-refractivity contribution in [3.8, 4) is 5.75 Å². The molecule has 1 saturated heterocycles. The molecular weight excluding hydrogens is 473 g/mol. The molecule has 0 bridgehead atoms. The highest BCUT2D eigenvalue weighted by molar-refractivity contribution is 6.31. The zero-order valence-electron chi connectivity index (χ0n) is 18.8. The van der Waals surface area contributed by atoms with Crippen molar-refractivity contribution < 1.29 is 14.3 Å². The zero-order chi connectivity index (χ0) is 23.5. The van der Waals surface area contributed by atoms with Gasteiger partial charge in [0.2, 0.25) is 0 Å². The third-order valence-corrected chi connectivity index (χ3v) is 7.06. The summed E-state index contributed by atoms with van der Waals surface area (Å²) in [5, 5.41) is 6.07. The van der Waals surface area contributed by atoms with Crippen molar-refractivity contribution in [1.82, 2.24) is 15.2 Å². The van der Waals surface area contributed by atoms with Gasteiger partial charge >= 0.3 is 6.09 Å². The number of halogens is 2. The Morgan fingerprint density at radius 2 is 1.76 bits per heavy atom. The van der Waals surface area contributed by atoms with Crippen LogP contribution in [0.3, 0.4) is 0 Å². The molecule has 1 aromatic heterocycles. The number of hydrogen-bond donors (Lipinski definition) is 1. The second-order valence-corrected chi connectivity index (χ2v) is 9.82. The smallest absolute Gasteiger partial charge is 0.410 e. The molecule has 5 rings (SSSR count). The van der Waals surface area contributed by atoms with Crippen molar-refractivity contribution in [2.24, 2.45) is 0 Å². The lowest BCUT2D eigenvalue weighted by Gasteiger charge is -2.33. The number of ether oxygens (including phenoxy) is 2. The Balaban J connectivity index is 1.07. The number of nitrogens with zero attached hydrogens (tertiary/aromatic N) is 2. The van der Waals surface area contributed by atoms with E-state index in [1.54, 1.807) is 12.1 Å². The van der Waals surface area contributed by atoms with Crippen LogP contribution in [-0.4, -0.2) is 47.3 Å². The predicted molar refractivity (Wildman–Crippen MR) is 134 cm³/mol. The Morgan fingerprint density at radius 3 is 2.56 bits per heavy atom. The van der Waals surface area contributed by atoms with Crippen molar-refractivity contribution in [3.05, 3.63) is 70.3 Å². The van der Waals surface area contributed by atoms with E-state index in [0.29, 0.717) is 24.2 Å². The molecule has 8 heteroatoms. The highest BCUT2D eigenvalue weighted by Gasteiger charge is 2.38. The fraction of sp³-hybridized carbons (Fsp3) is 0.385. The predicted octanol–water partition coefficient (Wildman–Crippen LogP) is 5.84. The molecule has 1 aliphatic carbocycles. The number of nitrogens with one attached hydrogen (secondary N) is 1. The van der Waals surface area contributed by atoms with E-state index in [1.165, 1.54) is 0 Å². The fourth-order valence-corrected chi connectivity index (χ4v) is 5.03. The van der Waals surface area contributed by atoms with Crippen LogP contribution >= 0.6 is 23.2 Å². The van der Waals surface area contributed by atoms with Crippen LogP contribution < -0.4 is 10.1 Å². The lowest BCUT2D eigenvalue weighted by atomic mass is 9.90. The van der Waals surface area contributed by atoms with Gasteiger partial charge in [-0.05, 0) is 74.2 Å². The van der Waals surface area contributed by atoms with Crippen molar-refractivity contribution in [3.63, 3.8) is 0 Å². The van der Waals surface area contributed by atoms with E-state index >= 15 is 0 Å². The van der Waals surface area contributed by atoms with Crippen LogP contribution in [0.4, 0.5) is 4.79 Å². The molecule has 6 nitrogen and oxygen atoms in total. The molecule has 1 atom stereocenters. The van der Waals surface area contributed by atoms with Crippen molar-refractivity contribution in [1.29, 1.82) is 0 Å². The van der Waals surface area contributed by atoms with Crippen molar-refractivity contribution in [2.75, 3.05) is 13.2 Å². The maximum absolute atomic E-state index is 12.5.